The topological polar surface area (TPSA) is 50.8 Å². The van der Waals surface area contributed by atoms with Gasteiger partial charge in [-0.05, 0) is 25.1 Å². The summed E-state index contributed by atoms with van der Waals surface area (Å²) in [4.78, 5) is 13.5. The van der Waals surface area contributed by atoms with Crippen molar-refractivity contribution in [2.24, 2.45) is 0 Å². The Labute approximate surface area is 130 Å². The summed E-state index contributed by atoms with van der Waals surface area (Å²) in [7, 11) is 1.74. The molecule has 1 aromatic carbocycles. The number of hydrogen-bond acceptors (Lipinski definition) is 4. The van der Waals surface area contributed by atoms with E-state index < -0.39 is 0 Å². The highest BCUT2D eigenvalue weighted by Crippen LogP contribution is 2.17. The van der Waals surface area contributed by atoms with Gasteiger partial charge in [0.25, 0.3) is 0 Å². The van der Waals surface area contributed by atoms with Crippen LogP contribution in [-0.4, -0.2) is 56.3 Å². The van der Waals surface area contributed by atoms with Crippen LogP contribution in [0.4, 0.5) is 0 Å². The second-order valence-electron chi connectivity index (χ2n) is 5.46. The second kappa shape index (κ2) is 7.11. The van der Waals surface area contributed by atoms with Gasteiger partial charge in [0.15, 0.2) is 0 Å². The molecule has 0 bridgehead atoms. The quantitative estimate of drug-likeness (QED) is 0.830. The van der Waals surface area contributed by atoms with E-state index in [0.717, 1.165) is 13.1 Å². The Kier molecular flexibility index (Phi) is 5.45. The molecule has 0 radical (unpaired) electrons. The van der Waals surface area contributed by atoms with Crippen LogP contribution in [-0.2, 0) is 9.53 Å². The van der Waals surface area contributed by atoms with Crippen molar-refractivity contribution in [3.8, 4) is 5.75 Å². The average Bonchev–Trinajstić information content (AvgIpc) is 2.42. The summed E-state index contributed by atoms with van der Waals surface area (Å²) >= 11 is 5.87. The summed E-state index contributed by atoms with van der Waals surface area (Å²) in [6.07, 6.45) is 0. The standard InChI is InChI=1S/C15H21ClN2O3/c1-15(10-17-11-15)21-9-14(19)18(2)6-7-20-13-5-3-4-12(16)8-13/h3-5,8,17H,6-7,9-11H2,1-2H3. The Morgan fingerprint density at radius 3 is 2.86 bits per heavy atom. The zero-order chi connectivity index (χ0) is 15.3. The minimum atomic E-state index is -0.201. The molecule has 1 aliphatic heterocycles. The number of ether oxygens (including phenoxy) is 2. The van der Waals surface area contributed by atoms with E-state index in [1.54, 1.807) is 24.1 Å². The van der Waals surface area contributed by atoms with E-state index >= 15 is 0 Å². The van der Waals surface area contributed by atoms with Crippen LogP contribution in [0.3, 0.4) is 0 Å². The highest BCUT2D eigenvalue weighted by atomic mass is 35.5. The molecular weight excluding hydrogens is 292 g/mol. The zero-order valence-electron chi connectivity index (χ0n) is 12.4. The van der Waals surface area contributed by atoms with Crippen molar-refractivity contribution in [2.75, 3.05) is 39.9 Å². The predicted octanol–water partition coefficient (Wildman–Crippen LogP) is 1.56. The minimum absolute atomic E-state index is 0.0437. The van der Waals surface area contributed by atoms with Crippen LogP contribution >= 0.6 is 11.6 Å². The first-order valence-corrected chi connectivity index (χ1v) is 7.33. The van der Waals surface area contributed by atoms with Crippen molar-refractivity contribution in [2.45, 2.75) is 12.5 Å². The van der Waals surface area contributed by atoms with Gasteiger partial charge in [-0.3, -0.25) is 4.79 Å². The molecule has 116 valence electrons. The lowest BCUT2D eigenvalue weighted by Gasteiger charge is -2.39. The SMILES string of the molecule is CN(CCOc1cccc(Cl)c1)C(=O)COC1(C)CNC1. The molecule has 1 heterocycles. The van der Waals surface area contributed by atoms with Crippen molar-refractivity contribution in [3.05, 3.63) is 29.3 Å². The number of carbonyl (C=O) groups is 1. The molecule has 2 rings (SSSR count). The molecule has 5 nitrogen and oxygen atoms in total. The first kappa shape index (κ1) is 16.1. The highest BCUT2D eigenvalue weighted by Gasteiger charge is 2.33. The lowest BCUT2D eigenvalue weighted by Crippen LogP contribution is -2.59. The third kappa shape index (κ3) is 4.88. The molecule has 1 aliphatic rings. The number of halogens is 1. The summed E-state index contributed by atoms with van der Waals surface area (Å²) in [5.74, 6) is 0.658. The Bertz CT molecular complexity index is 492. The van der Waals surface area contributed by atoms with E-state index in [4.69, 9.17) is 21.1 Å². The van der Waals surface area contributed by atoms with Gasteiger partial charge < -0.3 is 19.7 Å². The van der Waals surface area contributed by atoms with Gasteiger partial charge in [-0.2, -0.15) is 0 Å². The summed E-state index contributed by atoms with van der Waals surface area (Å²) in [5, 5.41) is 3.76. The van der Waals surface area contributed by atoms with Gasteiger partial charge in [0.05, 0.1) is 12.1 Å². The Morgan fingerprint density at radius 2 is 2.24 bits per heavy atom. The summed E-state index contributed by atoms with van der Waals surface area (Å²) in [6.45, 7) is 4.61. The second-order valence-corrected chi connectivity index (χ2v) is 5.90. The molecule has 21 heavy (non-hydrogen) atoms. The number of nitrogens with zero attached hydrogens (tertiary/aromatic N) is 1. The molecule has 1 N–H and O–H groups in total. The van der Waals surface area contributed by atoms with E-state index in [2.05, 4.69) is 5.32 Å². The number of rotatable bonds is 7. The van der Waals surface area contributed by atoms with Crippen molar-refractivity contribution < 1.29 is 14.3 Å². The molecule has 0 unspecified atom stereocenters. The fourth-order valence-electron chi connectivity index (χ4n) is 1.91. The number of likely N-dealkylation sites (N-methyl/N-ethyl adjacent to an activating group) is 1. The normalized spacial score (nSPS) is 16.1. The molecule has 6 heteroatoms. The van der Waals surface area contributed by atoms with E-state index in [1.165, 1.54) is 0 Å². The number of amides is 1. The van der Waals surface area contributed by atoms with Crippen LogP contribution < -0.4 is 10.1 Å². The summed E-state index contributed by atoms with van der Waals surface area (Å²) < 4.78 is 11.2. The maximum Gasteiger partial charge on any atom is 0.248 e. The molecule has 0 atom stereocenters. The zero-order valence-corrected chi connectivity index (χ0v) is 13.2. The van der Waals surface area contributed by atoms with Crippen molar-refractivity contribution >= 4 is 17.5 Å². The molecule has 1 fully saturated rings. The van der Waals surface area contributed by atoms with Gasteiger partial charge >= 0.3 is 0 Å². The van der Waals surface area contributed by atoms with Crippen LogP contribution in [0.5, 0.6) is 5.75 Å². The minimum Gasteiger partial charge on any atom is -0.492 e. The molecular formula is C15H21ClN2O3. The van der Waals surface area contributed by atoms with Gasteiger partial charge in [-0.25, -0.2) is 0 Å². The van der Waals surface area contributed by atoms with Crippen molar-refractivity contribution in [1.29, 1.82) is 0 Å². The maximum atomic E-state index is 11.9. The van der Waals surface area contributed by atoms with Crippen LogP contribution in [0.2, 0.25) is 5.02 Å². The molecule has 0 aromatic heterocycles. The number of hydrogen-bond donors (Lipinski definition) is 1. The van der Waals surface area contributed by atoms with Gasteiger partial charge in [0.2, 0.25) is 5.91 Å². The predicted molar refractivity (Wildman–Crippen MR) is 81.8 cm³/mol. The third-order valence-corrected chi connectivity index (χ3v) is 3.69. The lowest BCUT2D eigenvalue weighted by atomic mass is 10.0. The molecule has 0 saturated carbocycles. The van der Waals surface area contributed by atoms with Gasteiger partial charge in [-0.1, -0.05) is 17.7 Å². The molecule has 1 aromatic rings. The van der Waals surface area contributed by atoms with E-state index in [0.29, 0.717) is 23.9 Å². The van der Waals surface area contributed by atoms with Crippen LogP contribution in [0, 0.1) is 0 Å². The first-order chi connectivity index (χ1) is 9.98. The third-order valence-electron chi connectivity index (χ3n) is 3.46. The van der Waals surface area contributed by atoms with Crippen molar-refractivity contribution in [3.63, 3.8) is 0 Å². The van der Waals surface area contributed by atoms with Gasteiger partial charge in [0, 0.05) is 25.2 Å². The molecule has 0 aliphatic carbocycles. The highest BCUT2D eigenvalue weighted by molar-refractivity contribution is 6.30. The molecule has 1 saturated heterocycles. The Morgan fingerprint density at radius 1 is 1.48 bits per heavy atom. The smallest absolute Gasteiger partial charge is 0.248 e. The van der Waals surface area contributed by atoms with Gasteiger partial charge in [0.1, 0.15) is 19.0 Å². The maximum absolute atomic E-state index is 11.9. The summed E-state index contributed by atoms with van der Waals surface area (Å²) in [6, 6.07) is 7.20. The number of benzene rings is 1. The van der Waals surface area contributed by atoms with E-state index in [9.17, 15) is 4.79 Å². The van der Waals surface area contributed by atoms with Crippen LogP contribution in [0.1, 0.15) is 6.92 Å². The summed E-state index contributed by atoms with van der Waals surface area (Å²) in [5.41, 5.74) is -0.201. The van der Waals surface area contributed by atoms with E-state index in [-0.39, 0.29) is 18.1 Å². The van der Waals surface area contributed by atoms with Gasteiger partial charge in [-0.15, -0.1) is 0 Å². The Hall–Kier alpha value is -1.30. The largest absolute Gasteiger partial charge is 0.492 e. The fourth-order valence-corrected chi connectivity index (χ4v) is 2.09. The van der Waals surface area contributed by atoms with Crippen molar-refractivity contribution in [1.82, 2.24) is 10.2 Å². The molecule has 1 amide bonds. The number of nitrogens with one attached hydrogen (secondary N) is 1. The fraction of sp³-hybridized carbons (Fsp3) is 0.533. The van der Waals surface area contributed by atoms with Crippen LogP contribution in [0.15, 0.2) is 24.3 Å². The average molecular weight is 313 g/mol. The molecule has 0 spiro atoms. The van der Waals surface area contributed by atoms with Crippen LogP contribution in [0.25, 0.3) is 0 Å². The lowest BCUT2D eigenvalue weighted by molar-refractivity contribution is -0.145. The van der Waals surface area contributed by atoms with E-state index in [1.807, 2.05) is 19.1 Å². The number of carbonyl (C=O) groups excluding carboxylic acids is 1. The monoisotopic (exact) mass is 312 g/mol. The Balaban J connectivity index is 1.66. The first-order valence-electron chi connectivity index (χ1n) is 6.95.